The Morgan fingerprint density at radius 2 is 1.87 bits per heavy atom. The fourth-order valence-corrected chi connectivity index (χ4v) is 3.09. The first-order valence-corrected chi connectivity index (χ1v) is 9.27. The summed E-state index contributed by atoms with van der Waals surface area (Å²) in [5, 5.41) is 13.5. The summed E-state index contributed by atoms with van der Waals surface area (Å²) in [6, 6.07) is 16.0. The topological polar surface area (TPSA) is 82.5 Å². The highest BCUT2D eigenvalue weighted by atomic mass is 19.1. The van der Waals surface area contributed by atoms with Crippen LogP contribution in [-0.2, 0) is 18.0 Å². The number of rotatable bonds is 6. The van der Waals surface area contributed by atoms with Crippen LogP contribution < -0.4 is 0 Å². The number of halogens is 1. The van der Waals surface area contributed by atoms with E-state index in [1.165, 1.54) is 18.3 Å². The van der Waals surface area contributed by atoms with Gasteiger partial charge in [0, 0.05) is 0 Å². The number of hydrogen-bond acceptors (Lipinski definition) is 6. The molecule has 3 aromatic heterocycles. The summed E-state index contributed by atoms with van der Waals surface area (Å²) in [5.41, 5.74) is 3.26. The predicted octanol–water partition coefficient (Wildman–Crippen LogP) is 3.21. The molecular formula is C21H16FN7O. The monoisotopic (exact) mass is 401 g/mol. The number of hydrogen-bond donors (Lipinski definition) is 0. The second-order valence-corrected chi connectivity index (χ2v) is 6.63. The van der Waals surface area contributed by atoms with E-state index in [4.69, 9.17) is 4.84 Å². The highest BCUT2D eigenvalue weighted by Gasteiger charge is 2.13. The van der Waals surface area contributed by atoms with Crippen molar-refractivity contribution in [3.63, 3.8) is 0 Å². The van der Waals surface area contributed by atoms with E-state index in [-0.39, 0.29) is 12.4 Å². The molecule has 0 spiro atoms. The molecule has 9 heteroatoms. The van der Waals surface area contributed by atoms with Gasteiger partial charge in [-0.05, 0) is 23.3 Å². The second-order valence-electron chi connectivity index (χ2n) is 6.63. The van der Waals surface area contributed by atoms with Crippen LogP contribution >= 0.6 is 0 Å². The first kappa shape index (κ1) is 17.9. The van der Waals surface area contributed by atoms with Gasteiger partial charge in [-0.3, -0.25) is 0 Å². The minimum atomic E-state index is -0.297. The number of oxime groups is 1. The quantitative estimate of drug-likeness (QED) is 0.322. The zero-order chi connectivity index (χ0) is 20.3. The predicted molar refractivity (Wildman–Crippen MR) is 108 cm³/mol. The Kier molecular flexibility index (Phi) is 4.60. The normalized spacial score (nSPS) is 11.6. The van der Waals surface area contributed by atoms with E-state index in [9.17, 15) is 4.39 Å². The standard InChI is InChI=1S/C21H16FN7O/c22-17-8-6-15(7-9-17)10-25-30-13-19-26-21-18-11-24-28(12-16-4-2-1-3-5-16)20(18)23-14-29(21)27-19/h1-11,14H,12-13H2. The average Bonchev–Trinajstić information content (AvgIpc) is 3.37. The van der Waals surface area contributed by atoms with Crippen LogP contribution in [0.25, 0.3) is 16.7 Å². The van der Waals surface area contributed by atoms with Crippen LogP contribution in [0.2, 0.25) is 0 Å². The fourth-order valence-electron chi connectivity index (χ4n) is 3.09. The highest BCUT2D eigenvalue weighted by Crippen LogP contribution is 2.17. The third kappa shape index (κ3) is 3.60. The maximum atomic E-state index is 12.9. The Bertz CT molecular complexity index is 1330. The van der Waals surface area contributed by atoms with Gasteiger partial charge in [-0.2, -0.15) is 5.10 Å². The molecule has 0 unspecified atom stereocenters. The molecular weight excluding hydrogens is 385 g/mol. The molecule has 0 radical (unpaired) electrons. The fraction of sp³-hybridized carbons (Fsp3) is 0.0952. The van der Waals surface area contributed by atoms with Crippen molar-refractivity contribution in [1.29, 1.82) is 0 Å². The smallest absolute Gasteiger partial charge is 0.192 e. The lowest BCUT2D eigenvalue weighted by atomic mass is 10.2. The summed E-state index contributed by atoms with van der Waals surface area (Å²) in [7, 11) is 0. The van der Waals surface area contributed by atoms with Crippen molar-refractivity contribution in [3.05, 3.63) is 89.9 Å². The van der Waals surface area contributed by atoms with E-state index in [2.05, 4.69) is 25.3 Å². The van der Waals surface area contributed by atoms with Crippen molar-refractivity contribution in [2.75, 3.05) is 0 Å². The van der Waals surface area contributed by atoms with Crippen LogP contribution in [-0.4, -0.2) is 35.6 Å². The minimum absolute atomic E-state index is 0.0963. The van der Waals surface area contributed by atoms with Crippen molar-refractivity contribution < 1.29 is 9.23 Å². The average molecular weight is 401 g/mol. The first-order chi connectivity index (χ1) is 14.8. The molecule has 0 aliphatic carbocycles. The lowest BCUT2D eigenvalue weighted by Gasteiger charge is -2.02. The summed E-state index contributed by atoms with van der Waals surface area (Å²) in [6.45, 7) is 0.717. The van der Waals surface area contributed by atoms with Crippen molar-refractivity contribution >= 4 is 22.9 Å². The van der Waals surface area contributed by atoms with E-state index < -0.39 is 0 Å². The van der Waals surface area contributed by atoms with Gasteiger partial charge in [0.05, 0.1) is 24.3 Å². The molecule has 0 bridgehead atoms. The Balaban J connectivity index is 1.34. The first-order valence-electron chi connectivity index (χ1n) is 9.27. The summed E-state index contributed by atoms with van der Waals surface area (Å²) in [4.78, 5) is 14.3. The van der Waals surface area contributed by atoms with Gasteiger partial charge in [-0.25, -0.2) is 23.6 Å². The lowest BCUT2D eigenvalue weighted by Crippen LogP contribution is -2.03. The number of benzene rings is 2. The molecule has 0 aliphatic rings. The van der Waals surface area contributed by atoms with Crippen LogP contribution in [0.4, 0.5) is 4.39 Å². The molecule has 0 aliphatic heterocycles. The van der Waals surface area contributed by atoms with Crippen LogP contribution in [0.15, 0.2) is 72.3 Å². The molecule has 8 nitrogen and oxygen atoms in total. The van der Waals surface area contributed by atoms with Crippen molar-refractivity contribution in [3.8, 4) is 0 Å². The third-order valence-corrected chi connectivity index (χ3v) is 4.53. The highest BCUT2D eigenvalue weighted by molar-refractivity contribution is 5.88. The van der Waals surface area contributed by atoms with Gasteiger partial charge in [-0.15, -0.1) is 5.10 Å². The number of nitrogens with zero attached hydrogens (tertiary/aromatic N) is 7. The number of aromatic nitrogens is 6. The maximum Gasteiger partial charge on any atom is 0.192 e. The second kappa shape index (κ2) is 7.70. The molecule has 3 heterocycles. The van der Waals surface area contributed by atoms with E-state index in [1.807, 2.05) is 35.0 Å². The largest absolute Gasteiger partial charge is 0.387 e. The van der Waals surface area contributed by atoms with E-state index in [0.29, 0.717) is 18.0 Å². The molecule has 2 aromatic carbocycles. The van der Waals surface area contributed by atoms with E-state index >= 15 is 0 Å². The Morgan fingerprint density at radius 1 is 1.03 bits per heavy atom. The third-order valence-electron chi connectivity index (χ3n) is 4.53. The summed E-state index contributed by atoms with van der Waals surface area (Å²) < 4.78 is 16.3. The van der Waals surface area contributed by atoms with Gasteiger partial charge in [0.2, 0.25) is 0 Å². The van der Waals surface area contributed by atoms with Crippen LogP contribution in [0.5, 0.6) is 0 Å². The lowest BCUT2D eigenvalue weighted by molar-refractivity contribution is 0.126. The van der Waals surface area contributed by atoms with E-state index in [0.717, 1.165) is 22.2 Å². The van der Waals surface area contributed by atoms with E-state index in [1.54, 1.807) is 29.2 Å². The van der Waals surface area contributed by atoms with Crippen molar-refractivity contribution in [2.24, 2.45) is 5.16 Å². The minimum Gasteiger partial charge on any atom is -0.387 e. The van der Waals surface area contributed by atoms with Gasteiger partial charge in [0.15, 0.2) is 23.7 Å². The van der Waals surface area contributed by atoms with Gasteiger partial charge >= 0.3 is 0 Å². The molecule has 0 fully saturated rings. The molecule has 5 rings (SSSR count). The molecule has 5 aromatic rings. The summed E-state index contributed by atoms with van der Waals surface area (Å²) in [5.74, 6) is 0.172. The molecule has 0 N–H and O–H groups in total. The maximum absolute atomic E-state index is 12.9. The van der Waals surface area contributed by atoms with Crippen LogP contribution in [0.3, 0.4) is 0 Å². The molecule has 0 saturated carbocycles. The van der Waals surface area contributed by atoms with Crippen molar-refractivity contribution in [2.45, 2.75) is 13.2 Å². The van der Waals surface area contributed by atoms with Gasteiger partial charge in [0.25, 0.3) is 0 Å². The Hall–Kier alpha value is -4.14. The zero-order valence-corrected chi connectivity index (χ0v) is 15.8. The van der Waals surface area contributed by atoms with Gasteiger partial charge in [0.1, 0.15) is 12.1 Å². The molecule has 0 atom stereocenters. The zero-order valence-electron chi connectivity index (χ0n) is 15.8. The van der Waals surface area contributed by atoms with Crippen molar-refractivity contribution in [1.82, 2.24) is 29.4 Å². The molecule has 0 amide bonds. The SMILES string of the molecule is Fc1ccc(C=NOCc2nc3c4cnn(Cc5ccccc5)c4ncn3n2)cc1. The Labute approximate surface area is 170 Å². The number of fused-ring (bicyclic) bond motifs is 3. The van der Waals surface area contributed by atoms with Gasteiger partial charge < -0.3 is 4.84 Å². The molecule has 148 valence electrons. The summed E-state index contributed by atoms with van der Waals surface area (Å²) >= 11 is 0. The van der Waals surface area contributed by atoms with Gasteiger partial charge in [-0.1, -0.05) is 47.6 Å². The molecule has 0 saturated heterocycles. The summed E-state index contributed by atoms with van der Waals surface area (Å²) in [6.07, 6.45) is 4.86. The Morgan fingerprint density at radius 3 is 2.70 bits per heavy atom. The van der Waals surface area contributed by atoms with Crippen LogP contribution in [0, 0.1) is 5.82 Å². The molecule has 30 heavy (non-hydrogen) atoms. The van der Waals surface area contributed by atoms with Crippen LogP contribution in [0.1, 0.15) is 17.0 Å².